The number of carbonyl (C=O) groups is 3. The quantitative estimate of drug-likeness (QED) is 0.533. The number of aromatic nitrogens is 1. The summed E-state index contributed by atoms with van der Waals surface area (Å²) >= 11 is 0. The number of carbonyl (C=O) groups excluding carboxylic acids is 1. The number of aromatic amines is 1. The molecule has 2 rings (SSSR count). The Hall–Kier alpha value is -3.23. The van der Waals surface area contributed by atoms with E-state index in [9.17, 15) is 29.5 Å². The number of carboxylic acid groups (broad SMARTS) is 2. The lowest BCUT2D eigenvalue weighted by atomic mass is 9.88. The van der Waals surface area contributed by atoms with Crippen molar-refractivity contribution in [2.24, 2.45) is 5.18 Å². The minimum Gasteiger partial charge on any atom is -0.481 e. The van der Waals surface area contributed by atoms with Crippen LogP contribution < -0.4 is 0 Å². The summed E-state index contributed by atoms with van der Waals surface area (Å²) in [6, 6.07) is 5.99. The number of rotatable bonds is 10. The third-order valence-electron chi connectivity index (χ3n) is 5.03. The van der Waals surface area contributed by atoms with Crippen LogP contribution in [0.1, 0.15) is 32.3 Å². The predicted octanol–water partition coefficient (Wildman–Crippen LogP) is 2.40. The van der Waals surface area contributed by atoms with Crippen molar-refractivity contribution in [1.29, 1.82) is 0 Å². The Bertz CT molecular complexity index is 893. The maximum Gasteiger partial charge on any atom is 0.330 e. The van der Waals surface area contributed by atoms with Gasteiger partial charge in [-0.3, -0.25) is 9.59 Å². The first-order valence-electron chi connectivity index (χ1n) is 8.94. The first kappa shape index (κ1) is 21.1. The van der Waals surface area contributed by atoms with Gasteiger partial charge in [0.25, 0.3) is 5.91 Å². The molecule has 3 N–H and O–H groups in total. The maximum absolute atomic E-state index is 13.0. The van der Waals surface area contributed by atoms with Gasteiger partial charge in [0.2, 0.25) is 0 Å². The lowest BCUT2D eigenvalue weighted by Crippen LogP contribution is -2.60. The van der Waals surface area contributed by atoms with E-state index in [1.165, 1.54) is 6.92 Å². The Labute approximate surface area is 161 Å². The number of likely N-dealkylation sites (N-methyl/N-ethyl adjacent to an activating group) is 1. The van der Waals surface area contributed by atoms with Crippen molar-refractivity contribution in [2.75, 3.05) is 6.54 Å². The van der Waals surface area contributed by atoms with E-state index in [0.717, 1.165) is 15.8 Å². The van der Waals surface area contributed by atoms with E-state index in [4.69, 9.17) is 0 Å². The largest absolute Gasteiger partial charge is 0.481 e. The summed E-state index contributed by atoms with van der Waals surface area (Å²) in [6.45, 7) is 2.98. The molecule has 0 bridgehead atoms. The van der Waals surface area contributed by atoms with E-state index in [-0.39, 0.29) is 19.4 Å². The average molecular weight is 389 g/mol. The molecule has 0 aliphatic heterocycles. The molecule has 0 saturated heterocycles. The highest BCUT2D eigenvalue weighted by Gasteiger charge is 2.48. The number of nitrogens with zero attached hydrogens (tertiary/aromatic N) is 2. The van der Waals surface area contributed by atoms with Gasteiger partial charge in [0.1, 0.15) is 0 Å². The van der Waals surface area contributed by atoms with Gasteiger partial charge in [-0.1, -0.05) is 30.3 Å². The van der Waals surface area contributed by atoms with Crippen LogP contribution in [0.15, 0.2) is 35.6 Å². The molecule has 0 aliphatic rings. The van der Waals surface area contributed by atoms with E-state index >= 15 is 0 Å². The first-order chi connectivity index (χ1) is 13.3. The number of aliphatic carboxylic acids is 2. The van der Waals surface area contributed by atoms with Crippen LogP contribution in [0, 0.1) is 4.91 Å². The lowest BCUT2D eigenvalue weighted by molar-refractivity contribution is -0.165. The molecule has 0 aliphatic carbocycles. The molecule has 0 fully saturated rings. The van der Waals surface area contributed by atoms with E-state index in [0.29, 0.717) is 5.56 Å². The fourth-order valence-corrected chi connectivity index (χ4v) is 3.53. The van der Waals surface area contributed by atoms with E-state index in [1.807, 2.05) is 24.3 Å². The number of nitroso groups, excluding NO2 is 1. The third kappa shape index (κ3) is 3.88. The van der Waals surface area contributed by atoms with Crippen molar-refractivity contribution in [3.05, 3.63) is 40.9 Å². The van der Waals surface area contributed by atoms with Gasteiger partial charge in [-0.15, -0.1) is 4.91 Å². The highest BCUT2D eigenvalue weighted by molar-refractivity contribution is 5.93. The zero-order valence-electron chi connectivity index (χ0n) is 15.7. The van der Waals surface area contributed by atoms with Crippen LogP contribution in [0.3, 0.4) is 0 Å². The van der Waals surface area contributed by atoms with Crippen LogP contribution in [-0.4, -0.2) is 56.1 Å². The summed E-state index contributed by atoms with van der Waals surface area (Å²) in [5, 5.41) is 22.7. The van der Waals surface area contributed by atoms with Crippen LogP contribution >= 0.6 is 0 Å². The smallest absolute Gasteiger partial charge is 0.330 e. The van der Waals surface area contributed by atoms with Crippen LogP contribution in [0.2, 0.25) is 0 Å². The van der Waals surface area contributed by atoms with Gasteiger partial charge in [0.15, 0.2) is 11.6 Å². The van der Waals surface area contributed by atoms with Gasteiger partial charge in [-0.2, -0.15) is 0 Å². The van der Waals surface area contributed by atoms with Gasteiger partial charge < -0.3 is 20.1 Å². The van der Waals surface area contributed by atoms with Crippen molar-refractivity contribution in [2.45, 2.75) is 44.7 Å². The minimum atomic E-state index is -1.94. The molecule has 9 nitrogen and oxygen atoms in total. The topological polar surface area (TPSA) is 140 Å². The van der Waals surface area contributed by atoms with Crippen molar-refractivity contribution < 1.29 is 24.6 Å². The Morgan fingerprint density at radius 1 is 1.21 bits per heavy atom. The second kappa shape index (κ2) is 8.64. The summed E-state index contributed by atoms with van der Waals surface area (Å²) in [5.74, 6) is -3.57. The molecule has 28 heavy (non-hydrogen) atoms. The molecule has 1 aromatic heterocycles. The number of para-hydroxylation sites is 1. The highest BCUT2D eigenvalue weighted by atomic mass is 16.4. The van der Waals surface area contributed by atoms with Gasteiger partial charge in [0.05, 0.1) is 6.42 Å². The molecule has 1 aromatic carbocycles. The molecule has 2 atom stereocenters. The predicted molar refractivity (Wildman–Crippen MR) is 102 cm³/mol. The molecule has 150 valence electrons. The van der Waals surface area contributed by atoms with E-state index < -0.39 is 35.8 Å². The first-order valence-corrected chi connectivity index (χ1v) is 8.94. The molecule has 0 saturated carbocycles. The average Bonchev–Trinajstić information content (AvgIpc) is 3.07. The van der Waals surface area contributed by atoms with Crippen LogP contribution in [0.4, 0.5) is 0 Å². The molecular weight excluding hydrogens is 366 g/mol. The summed E-state index contributed by atoms with van der Waals surface area (Å²) in [7, 11) is 0. The monoisotopic (exact) mass is 389 g/mol. The van der Waals surface area contributed by atoms with Gasteiger partial charge >= 0.3 is 11.9 Å². The van der Waals surface area contributed by atoms with Crippen molar-refractivity contribution >= 4 is 28.7 Å². The number of nitrogens with one attached hydrogen (secondary N) is 1. The number of hydrogen-bond donors (Lipinski definition) is 3. The third-order valence-corrected chi connectivity index (χ3v) is 5.03. The summed E-state index contributed by atoms with van der Waals surface area (Å²) < 4.78 is 0. The number of amides is 1. The van der Waals surface area contributed by atoms with E-state index in [2.05, 4.69) is 10.2 Å². The number of benzene rings is 1. The van der Waals surface area contributed by atoms with Crippen molar-refractivity contribution in [3.63, 3.8) is 0 Å². The summed E-state index contributed by atoms with van der Waals surface area (Å²) in [5.41, 5.74) is -0.414. The van der Waals surface area contributed by atoms with Crippen LogP contribution in [0.25, 0.3) is 10.9 Å². The molecule has 1 amide bonds. The zero-order valence-corrected chi connectivity index (χ0v) is 15.7. The SMILES string of the molecule is CCN(C(=O)C(Cc1c[nH]c2ccccc12)N=O)[C@@](CC)(CC(=O)O)C(=O)O. The summed E-state index contributed by atoms with van der Waals surface area (Å²) in [4.78, 5) is 51.7. The second-order valence-corrected chi connectivity index (χ2v) is 6.53. The highest BCUT2D eigenvalue weighted by Crippen LogP contribution is 2.28. The molecule has 2 aromatic rings. The Kier molecular flexibility index (Phi) is 6.50. The second-order valence-electron chi connectivity index (χ2n) is 6.53. The van der Waals surface area contributed by atoms with E-state index in [1.54, 1.807) is 13.1 Å². The van der Waals surface area contributed by atoms with Gasteiger partial charge in [-0.05, 0) is 25.0 Å². The maximum atomic E-state index is 13.0. The fraction of sp³-hybridized carbons (Fsp3) is 0.421. The van der Waals surface area contributed by atoms with Gasteiger partial charge in [-0.25, -0.2) is 4.79 Å². The van der Waals surface area contributed by atoms with Gasteiger partial charge in [0, 0.05) is 30.1 Å². The molecule has 1 unspecified atom stereocenters. The zero-order chi connectivity index (χ0) is 20.9. The number of hydrogen-bond acceptors (Lipinski definition) is 5. The number of carboxylic acids is 2. The number of fused-ring (bicyclic) bond motifs is 1. The molecule has 9 heteroatoms. The van der Waals surface area contributed by atoms with Crippen LogP contribution in [0.5, 0.6) is 0 Å². The Balaban J connectivity index is 2.38. The molecule has 0 radical (unpaired) electrons. The Morgan fingerprint density at radius 2 is 1.89 bits per heavy atom. The molecule has 1 heterocycles. The number of H-pyrrole nitrogens is 1. The minimum absolute atomic E-state index is 0.0185. The molecule has 0 spiro atoms. The van der Waals surface area contributed by atoms with Crippen LogP contribution in [-0.2, 0) is 20.8 Å². The lowest BCUT2D eigenvalue weighted by Gasteiger charge is -2.39. The Morgan fingerprint density at radius 3 is 2.43 bits per heavy atom. The normalized spacial score (nSPS) is 14.2. The van der Waals surface area contributed by atoms with Crippen molar-refractivity contribution in [3.8, 4) is 0 Å². The standard InChI is InChI=1S/C19H23N3O6/c1-3-19(18(26)27,10-16(23)24)22(4-2)17(25)15(21-28)9-12-11-20-14-8-6-5-7-13(12)14/h5-8,11,15,20H,3-4,9-10H2,1-2H3,(H,23,24)(H,26,27)/t15?,19-/m0/s1. The van der Waals surface area contributed by atoms with Crippen molar-refractivity contribution in [1.82, 2.24) is 9.88 Å². The fourth-order valence-electron chi connectivity index (χ4n) is 3.53. The molecular formula is C19H23N3O6. The summed E-state index contributed by atoms with van der Waals surface area (Å²) in [6.07, 6.45) is 0.771.